The molecule has 1 aromatic rings. The van der Waals surface area contributed by atoms with E-state index in [9.17, 15) is 4.79 Å². The van der Waals surface area contributed by atoms with Crippen LogP contribution in [-0.2, 0) is 6.54 Å². The van der Waals surface area contributed by atoms with Gasteiger partial charge in [-0.25, -0.2) is 0 Å². The molecule has 0 aliphatic carbocycles. The van der Waals surface area contributed by atoms with Crippen molar-refractivity contribution in [3.05, 3.63) is 35.4 Å². The molecule has 1 amide bonds. The first-order chi connectivity index (χ1) is 12.6. The number of hydrogen-bond acceptors (Lipinski definition) is 4. The molecule has 4 saturated heterocycles. The Morgan fingerprint density at radius 3 is 2.42 bits per heavy atom. The zero-order chi connectivity index (χ0) is 18.1. The van der Waals surface area contributed by atoms with Gasteiger partial charge in [-0.3, -0.25) is 9.69 Å². The highest BCUT2D eigenvalue weighted by Crippen LogP contribution is 2.31. The van der Waals surface area contributed by atoms with E-state index in [2.05, 4.69) is 40.9 Å². The molecule has 0 radical (unpaired) electrons. The number of piperidine rings is 3. The van der Waals surface area contributed by atoms with Crippen molar-refractivity contribution in [1.29, 1.82) is 0 Å². The van der Waals surface area contributed by atoms with Crippen molar-refractivity contribution < 1.29 is 4.79 Å². The number of nitrogens with zero attached hydrogens (tertiary/aromatic N) is 4. The molecule has 26 heavy (non-hydrogen) atoms. The molecule has 0 spiro atoms. The highest BCUT2D eigenvalue weighted by molar-refractivity contribution is 5.94. The summed E-state index contributed by atoms with van der Waals surface area (Å²) in [5.41, 5.74) is 2.03. The molecule has 0 saturated carbocycles. The predicted molar refractivity (Wildman–Crippen MR) is 104 cm³/mol. The van der Waals surface area contributed by atoms with Crippen LogP contribution in [0.5, 0.6) is 0 Å². The molecule has 4 aliphatic rings. The molecule has 142 valence electrons. The summed E-state index contributed by atoms with van der Waals surface area (Å²) in [5, 5.41) is 0. The Bertz CT molecular complexity index is 631. The lowest BCUT2D eigenvalue weighted by Crippen LogP contribution is -2.61. The van der Waals surface area contributed by atoms with Crippen molar-refractivity contribution in [2.24, 2.45) is 5.92 Å². The van der Waals surface area contributed by atoms with E-state index in [1.807, 2.05) is 17.0 Å². The Morgan fingerprint density at radius 2 is 1.81 bits per heavy atom. The summed E-state index contributed by atoms with van der Waals surface area (Å²) < 4.78 is 0. The minimum Gasteiger partial charge on any atom is -0.336 e. The Morgan fingerprint density at radius 1 is 1.08 bits per heavy atom. The van der Waals surface area contributed by atoms with E-state index in [-0.39, 0.29) is 5.91 Å². The van der Waals surface area contributed by atoms with Crippen molar-refractivity contribution in [3.8, 4) is 0 Å². The number of hydrogen-bond donors (Lipinski definition) is 0. The number of carbonyl (C=O) groups is 1. The zero-order valence-corrected chi connectivity index (χ0v) is 16.2. The molecule has 0 N–H and O–H groups in total. The molecule has 4 heterocycles. The predicted octanol–water partition coefficient (Wildman–Crippen LogP) is 1.60. The van der Waals surface area contributed by atoms with Gasteiger partial charge in [-0.2, -0.15) is 0 Å². The van der Waals surface area contributed by atoms with Crippen molar-refractivity contribution in [1.82, 2.24) is 19.6 Å². The average molecular weight is 357 g/mol. The van der Waals surface area contributed by atoms with E-state index in [1.165, 1.54) is 38.0 Å². The monoisotopic (exact) mass is 356 g/mol. The Labute approximate surface area is 157 Å². The lowest BCUT2D eigenvalue weighted by molar-refractivity contribution is -0.0131. The van der Waals surface area contributed by atoms with Crippen LogP contribution in [0.1, 0.15) is 28.8 Å². The van der Waals surface area contributed by atoms with Crippen LogP contribution in [0.15, 0.2) is 24.3 Å². The number of carbonyl (C=O) groups excluding carboxylic acids is 1. The minimum atomic E-state index is 0.194. The summed E-state index contributed by atoms with van der Waals surface area (Å²) in [4.78, 5) is 22.4. The second-order valence-electron chi connectivity index (χ2n) is 8.47. The van der Waals surface area contributed by atoms with Gasteiger partial charge in [0.05, 0.1) is 0 Å². The van der Waals surface area contributed by atoms with Crippen LogP contribution in [0.2, 0.25) is 0 Å². The van der Waals surface area contributed by atoms with E-state index in [0.717, 1.165) is 50.2 Å². The molecule has 2 bridgehead atoms. The molecule has 5 nitrogen and oxygen atoms in total. The van der Waals surface area contributed by atoms with Crippen LogP contribution in [-0.4, -0.2) is 91.5 Å². The van der Waals surface area contributed by atoms with Crippen molar-refractivity contribution in [2.45, 2.75) is 25.4 Å². The van der Waals surface area contributed by atoms with Crippen molar-refractivity contribution in [2.75, 3.05) is 59.9 Å². The maximum atomic E-state index is 12.9. The summed E-state index contributed by atoms with van der Waals surface area (Å²) in [6, 6.07) is 8.85. The summed E-state index contributed by atoms with van der Waals surface area (Å²) in [5.74, 6) is 1.07. The van der Waals surface area contributed by atoms with Crippen LogP contribution in [0.4, 0.5) is 0 Å². The van der Waals surface area contributed by atoms with Gasteiger partial charge in [0.25, 0.3) is 5.91 Å². The summed E-state index contributed by atoms with van der Waals surface area (Å²) in [6.07, 6.45) is 2.73. The highest BCUT2D eigenvalue weighted by Gasteiger charge is 2.38. The molecular weight excluding hydrogens is 324 g/mol. The van der Waals surface area contributed by atoms with Crippen LogP contribution in [0.25, 0.3) is 0 Å². The second-order valence-corrected chi connectivity index (χ2v) is 8.47. The fourth-order valence-electron chi connectivity index (χ4n) is 4.95. The van der Waals surface area contributed by atoms with Crippen molar-refractivity contribution >= 4 is 5.91 Å². The molecule has 0 aromatic heterocycles. The number of fused-ring (bicyclic) bond motifs is 3. The van der Waals surface area contributed by atoms with Crippen LogP contribution in [0.3, 0.4) is 0 Å². The summed E-state index contributed by atoms with van der Waals surface area (Å²) in [6.45, 7) is 8.47. The fourth-order valence-corrected chi connectivity index (χ4v) is 4.95. The van der Waals surface area contributed by atoms with E-state index >= 15 is 0 Å². The number of piperazine rings is 1. The number of benzene rings is 1. The number of amides is 1. The molecule has 1 aromatic carbocycles. The van der Waals surface area contributed by atoms with Gasteiger partial charge in [-0.15, -0.1) is 0 Å². The third-order valence-corrected chi connectivity index (χ3v) is 6.36. The lowest BCUT2D eigenvalue weighted by Gasteiger charge is -2.51. The zero-order valence-electron chi connectivity index (χ0n) is 16.2. The van der Waals surface area contributed by atoms with E-state index < -0.39 is 0 Å². The van der Waals surface area contributed by atoms with Crippen LogP contribution in [0, 0.1) is 5.92 Å². The van der Waals surface area contributed by atoms with Gasteiger partial charge >= 0.3 is 0 Å². The van der Waals surface area contributed by atoms with Crippen molar-refractivity contribution in [3.63, 3.8) is 0 Å². The highest BCUT2D eigenvalue weighted by atomic mass is 16.2. The summed E-state index contributed by atoms with van der Waals surface area (Å²) in [7, 11) is 4.12. The molecular formula is C21H32N4O. The van der Waals surface area contributed by atoms with E-state index in [0.29, 0.717) is 0 Å². The van der Waals surface area contributed by atoms with E-state index in [1.54, 1.807) is 0 Å². The quantitative estimate of drug-likeness (QED) is 0.820. The molecule has 0 unspecified atom stereocenters. The van der Waals surface area contributed by atoms with Gasteiger partial charge in [0.2, 0.25) is 0 Å². The Balaban J connectivity index is 1.35. The molecule has 4 aliphatic heterocycles. The minimum absolute atomic E-state index is 0.194. The SMILES string of the molecule is CN(C)Cc1cccc(C(=O)N2CCN([C@H]3CN4CCC3CC4)CC2)c1. The maximum Gasteiger partial charge on any atom is 0.253 e. The van der Waals surface area contributed by atoms with Gasteiger partial charge in [-0.05, 0) is 63.6 Å². The Kier molecular flexibility index (Phi) is 5.30. The van der Waals surface area contributed by atoms with E-state index in [4.69, 9.17) is 0 Å². The number of rotatable bonds is 4. The third kappa shape index (κ3) is 3.80. The first-order valence-electron chi connectivity index (χ1n) is 10.1. The van der Waals surface area contributed by atoms with Gasteiger partial charge in [0.15, 0.2) is 0 Å². The summed E-state index contributed by atoms with van der Waals surface area (Å²) >= 11 is 0. The first-order valence-corrected chi connectivity index (χ1v) is 10.1. The normalized spacial score (nSPS) is 29.3. The second kappa shape index (κ2) is 7.67. The van der Waals surface area contributed by atoms with Crippen LogP contribution < -0.4 is 0 Å². The molecule has 5 heteroatoms. The smallest absolute Gasteiger partial charge is 0.253 e. The van der Waals surface area contributed by atoms with Crippen LogP contribution >= 0.6 is 0 Å². The first kappa shape index (κ1) is 18.0. The largest absolute Gasteiger partial charge is 0.336 e. The maximum absolute atomic E-state index is 12.9. The van der Waals surface area contributed by atoms with Gasteiger partial charge in [0.1, 0.15) is 0 Å². The third-order valence-electron chi connectivity index (χ3n) is 6.36. The topological polar surface area (TPSA) is 30.0 Å². The fraction of sp³-hybridized carbons (Fsp3) is 0.667. The lowest BCUT2D eigenvalue weighted by atomic mass is 9.83. The van der Waals surface area contributed by atoms with Gasteiger partial charge < -0.3 is 14.7 Å². The molecule has 1 atom stereocenters. The average Bonchev–Trinajstić information content (AvgIpc) is 2.68. The standard InChI is InChI=1S/C21H32N4O/c1-22(2)15-17-4-3-5-19(14-17)21(26)25-12-10-24(11-13-25)20-16-23-8-6-18(20)7-9-23/h3-5,14,18,20H,6-13,15-16H2,1-2H3/t20-/m0/s1. The molecule has 4 fully saturated rings. The molecule has 5 rings (SSSR count). The Hall–Kier alpha value is -1.43. The van der Waals surface area contributed by atoms with Gasteiger partial charge in [-0.1, -0.05) is 12.1 Å². The van der Waals surface area contributed by atoms with Gasteiger partial charge in [0, 0.05) is 50.9 Å².